The number of amides is 1. The van der Waals surface area contributed by atoms with Crippen molar-refractivity contribution < 1.29 is 14.3 Å². The second kappa shape index (κ2) is 8.71. The Hall–Kier alpha value is -4.12. The van der Waals surface area contributed by atoms with E-state index >= 15 is 0 Å². The van der Waals surface area contributed by atoms with Crippen LogP contribution in [0.5, 0.6) is 11.5 Å². The van der Waals surface area contributed by atoms with Gasteiger partial charge in [-0.25, -0.2) is 9.97 Å². The first-order valence-electron chi connectivity index (χ1n) is 8.69. The molecule has 8 nitrogen and oxygen atoms in total. The molecule has 3 aromatic rings. The molecule has 0 aliphatic heterocycles. The minimum Gasteiger partial charge on any atom is -0.497 e. The zero-order chi connectivity index (χ0) is 20.8. The van der Waals surface area contributed by atoms with Crippen LogP contribution in [0.15, 0.2) is 48.5 Å². The highest BCUT2D eigenvalue weighted by Crippen LogP contribution is 2.31. The number of nitrogens with one attached hydrogen (secondary N) is 2. The predicted octanol–water partition coefficient (Wildman–Crippen LogP) is 3.67. The van der Waals surface area contributed by atoms with Gasteiger partial charge in [-0.2, -0.15) is 5.26 Å². The number of hydrogen-bond donors (Lipinski definition) is 2. The average molecular weight is 389 g/mol. The lowest BCUT2D eigenvalue weighted by Crippen LogP contribution is -2.16. The van der Waals surface area contributed by atoms with E-state index in [1.54, 1.807) is 63.6 Å². The molecule has 3 rings (SSSR count). The van der Waals surface area contributed by atoms with Gasteiger partial charge < -0.3 is 20.1 Å². The van der Waals surface area contributed by atoms with E-state index in [2.05, 4.69) is 20.6 Å². The van der Waals surface area contributed by atoms with Gasteiger partial charge >= 0.3 is 0 Å². The number of nitrogens with zero attached hydrogens (tertiary/aromatic N) is 3. The van der Waals surface area contributed by atoms with Crippen molar-refractivity contribution in [3.05, 3.63) is 65.6 Å². The smallest absolute Gasteiger partial charge is 0.274 e. The SMILES string of the molecule is COc1ccc(OC)c(Nc2cc(C(=O)Nc3ccccc3C#N)nc(C)n2)c1. The van der Waals surface area contributed by atoms with E-state index in [9.17, 15) is 10.1 Å². The quantitative estimate of drug-likeness (QED) is 0.662. The van der Waals surface area contributed by atoms with Crippen LogP contribution in [-0.2, 0) is 0 Å². The largest absolute Gasteiger partial charge is 0.497 e. The molecule has 146 valence electrons. The predicted molar refractivity (Wildman–Crippen MR) is 109 cm³/mol. The molecule has 29 heavy (non-hydrogen) atoms. The van der Waals surface area contributed by atoms with Gasteiger partial charge in [-0.3, -0.25) is 4.79 Å². The van der Waals surface area contributed by atoms with Crippen molar-refractivity contribution in [3.63, 3.8) is 0 Å². The molecule has 2 aromatic carbocycles. The van der Waals surface area contributed by atoms with Crippen LogP contribution in [0.1, 0.15) is 21.9 Å². The maximum atomic E-state index is 12.7. The summed E-state index contributed by atoms with van der Waals surface area (Å²) in [5, 5.41) is 15.0. The minimum atomic E-state index is -0.446. The van der Waals surface area contributed by atoms with Gasteiger partial charge in [0.1, 0.15) is 34.9 Å². The summed E-state index contributed by atoms with van der Waals surface area (Å²) in [5.74, 6) is 1.62. The van der Waals surface area contributed by atoms with E-state index in [0.29, 0.717) is 40.1 Å². The molecule has 1 aromatic heterocycles. The molecule has 0 fully saturated rings. The standard InChI is InChI=1S/C21H19N5O3/c1-13-23-18(21(27)26-16-7-5-4-6-14(16)12-22)11-20(24-13)25-17-10-15(28-2)8-9-19(17)29-3/h4-11H,1-3H3,(H,26,27)(H,23,24,25). The number of ether oxygens (including phenoxy) is 2. The zero-order valence-corrected chi connectivity index (χ0v) is 16.2. The number of rotatable bonds is 6. The highest BCUT2D eigenvalue weighted by Gasteiger charge is 2.14. The maximum absolute atomic E-state index is 12.7. The summed E-state index contributed by atoms with van der Waals surface area (Å²) in [6.07, 6.45) is 0. The van der Waals surface area contributed by atoms with Crippen molar-refractivity contribution in [2.24, 2.45) is 0 Å². The van der Waals surface area contributed by atoms with Gasteiger partial charge in [0.05, 0.1) is 31.2 Å². The van der Waals surface area contributed by atoms with E-state index < -0.39 is 5.91 Å². The molecule has 0 atom stereocenters. The number of methoxy groups -OCH3 is 2. The topological polar surface area (TPSA) is 109 Å². The first kappa shape index (κ1) is 19.6. The molecule has 0 saturated carbocycles. The molecule has 0 unspecified atom stereocenters. The van der Waals surface area contributed by atoms with Gasteiger partial charge in [-0.05, 0) is 31.2 Å². The number of aromatic nitrogens is 2. The summed E-state index contributed by atoms with van der Waals surface area (Å²) in [7, 11) is 3.13. The molecule has 0 saturated heterocycles. The van der Waals surface area contributed by atoms with Crippen molar-refractivity contribution in [1.82, 2.24) is 9.97 Å². The molecule has 0 aliphatic carbocycles. The van der Waals surface area contributed by atoms with Gasteiger partial charge in [0.2, 0.25) is 0 Å². The van der Waals surface area contributed by atoms with Crippen LogP contribution in [0.3, 0.4) is 0 Å². The molecule has 0 bridgehead atoms. The van der Waals surface area contributed by atoms with Crippen LogP contribution in [0.2, 0.25) is 0 Å². The number of anilines is 3. The third kappa shape index (κ3) is 4.59. The maximum Gasteiger partial charge on any atom is 0.274 e. The van der Waals surface area contributed by atoms with E-state index in [-0.39, 0.29) is 5.69 Å². The monoisotopic (exact) mass is 389 g/mol. The lowest BCUT2D eigenvalue weighted by atomic mass is 10.2. The number of carbonyl (C=O) groups is 1. The van der Waals surface area contributed by atoms with E-state index in [1.807, 2.05) is 6.07 Å². The summed E-state index contributed by atoms with van der Waals surface area (Å²) >= 11 is 0. The number of nitriles is 1. The highest BCUT2D eigenvalue weighted by atomic mass is 16.5. The fourth-order valence-corrected chi connectivity index (χ4v) is 2.67. The second-order valence-electron chi connectivity index (χ2n) is 5.99. The van der Waals surface area contributed by atoms with Crippen molar-refractivity contribution in [2.75, 3.05) is 24.9 Å². The first-order valence-corrected chi connectivity index (χ1v) is 8.69. The molecule has 2 N–H and O–H groups in total. The van der Waals surface area contributed by atoms with Gasteiger partial charge in [0, 0.05) is 12.1 Å². The van der Waals surface area contributed by atoms with E-state index in [0.717, 1.165) is 0 Å². The van der Waals surface area contributed by atoms with Gasteiger partial charge in [0.25, 0.3) is 5.91 Å². The Kier molecular flexibility index (Phi) is 5.90. The Morgan fingerprint density at radius 3 is 2.55 bits per heavy atom. The summed E-state index contributed by atoms with van der Waals surface area (Å²) < 4.78 is 10.6. The van der Waals surface area contributed by atoms with E-state index in [1.165, 1.54) is 6.07 Å². The zero-order valence-electron chi connectivity index (χ0n) is 16.2. The average Bonchev–Trinajstić information content (AvgIpc) is 2.73. The van der Waals surface area contributed by atoms with E-state index in [4.69, 9.17) is 9.47 Å². The van der Waals surface area contributed by atoms with Gasteiger partial charge in [0.15, 0.2) is 0 Å². The van der Waals surface area contributed by atoms with Crippen molar-refractivity contribution >= 4 is 23.1 Å². The van der Waals surface area contributed by atoms with Crippen molar-refractivity contribution in [1.29, 1.82) is 5.26 Å². The molecule has 8 heteroatoms. The third-order valence-corrected chi connectivity index (χ3v) is 4.04. The second-order valence-corrected chi connectivity index (χ2v) is 5.99. The molecular weight excluding hydrogens is 370 g/mol. The number of hydrogen-bond acceptors (Lipinski definition) is 7. The Balaban J connectivity index is 1.89. The Morgan fingerprint density at radius 1 is 1.03 bits per heavy atom. The molecule has 1 amide bonds. The number of para-hydroxylation sites is 1. The van der Waals surface area contributed by atoms with Crippen LogP contribution in [0.25, 0.3) is 0 Å². The minimum absolute atomic E-state index is 0.162. The van der Waals surface area contributed by atoms with Crippen LogP contribution in [0, 0.1) is 18.3 Å². The van der Waals surface area contributed by atoms with Crippen LogP contribution < -0.4 is 20.1 Å². The van der Waals surface area contributed by atoms with Crippen molar-refractivity contribution in [2.45, 2.75) is 6.92 Å². The van der Waals surface area contributed by atoms with Crippen LogP contribution in [0.4, 0.5) is 17.2 Å². The lowest BCUT2D eigenvalue weighted by molar-refractivity contribution is 0.102. The molecule has 0 radical (unpaired) electrons. The molecular formula is C21H19N5O3. The third-order valence-electron chi connectivity index (χ3n) is 4.04. The first-order chi connectivity index (χ1) is 14.0. The number of carbonyl (C=O) groups excluding carboxylic acids is 1. The molecule has 0 spiro atoms. The normalized spacial score (nSPS) is 10.0. The van der Waals surface area contributed by atoms with Crippen molar-refractivity contribution in [3.8, 4) is 17.6 Å². The highest BCUT2D eigenvalue weighted by molar-refractivity contribution is 6.04. The van der Waals surface area contributed by atoms with Crippen LogP contribution >= 0.6 is 0 Å². The number of benzene rings is 2. The summed E-state index contributed by atoms with van der Waals surface area (Å²) in [5.41, 5.74) is 1.58. The summed E-state index contributed by atoms with van der Waals surface area (Å²) in [6.45, 7) is 1.69. The summed E-state index contributed by atoms with van der Waals surface area (Å²) in [6, 6.07) is 15.6. The summed E-state index contributed by atoms with van der Waals surface area (Å²) in [4.78, 5) is 21.2. The van der Waals surface area contributed by atoms with Gasteiger partial charge in [-0.15, -0.1) is 0 Å². The Labute approximate surface area is 168 Å². The fraction of sp³-hybridized carbons (Fsp3) is 0.143. The molecule has 0 aliphatic rings. The number of aryl methyl sites for hydroxylation is 1. The van der Waals surface area contributed by atoms with Crippen LogP contribution in [-0.4, -0.2) is 30.1 Å². The molecule has 1 heterocycles. The lowest BCUT2D eigenvalue weighted by Gasteiger charge is -2.13. The fourth-order valence-electron chi connectivity index (χ4n) is 2.67. The van der Waals surface area contributed by atoms with Gasteiger partial charge in [-0.1, -0.05) is 12.1 Å². The Bertz CT molecular complexity index is 1090. The Morgan fingerprint density at radius 2 is 1.83 bits per heavy atom.